The number of aliphatic hydroxyl groups excluding tert-OH is 1. The van der Waals surface area contributed by atoms with Crippen molar-refractivity contribution in [3.05, 3.63) is 0 Å². The van der Waals surface area contributed by atoms with E-state index in [9.17, 15) is 18.3 Å². The lowest BCUT2D eigenvalue weighted by molar-refractivity contribution is -0.175. The topological polar surface area (TPSA) is 29.5 Å². The Kier molecular flexibility index (Phi) is 7.78. The zero-order chi connectivity index (χ0) is 11.7. The molecule has 5 heteroatoms. The number of alkyl halides is 3. The van der Waals surface area contributed by atoms with Crippen molar-refractivity contribution < 1.29 is 23.0 Å². The van der Waals surface area contributed by atoms with Gasteiger partial charge in [-0.1, -0.05) is 26.2 Å². The molecule has 92 valence electrons. The van der Waals surface area contributed by atoms with E-state index in [0.29, 0.717) is 6.42 Å². The first-order chi connectivity index (χ1) is 6.95. The third-order valence-electron chi connectivity index (χ3n) is 2.00. The summed E-state index contributed by atoms with van der Waals surface area (Å²) in [4.78, 5) is 0. The average Bonchev–Trinajstić information content (AvgIpc) is 2.11. The molecule has 0 aliphatic rings. The van der Waals surface area contributed by atoms with Crippen molar-refractivity contribution in [2.24, 2.45) is 0 Å². The van der Waals surface area contributed by atoms with Gasteiger partial charge in [-0.15, -0.1) is 0 Å². The first-order valence-corrected chi connectivity index (χ1v) is 5.28. The molecule has 0 bridgehead atoms. The van der Waals surface area contributed by atoms with E-state index in [1.54, 1.807) is 0 Å². The second-order valence-corrected chi connectivity index (χ2v) is 3.61. The van der Waals surface area contributed by atoms with Crippen LogP contribution in [0.5, 0.6) is 0 Å². The first-order valence-electron chi connectivity index (χ1n) is 5.28. The number of rotatable bonds is 8. The van der Waals surface area contributed by atoms with E-state index < -0.39 is 18.9 Å². The van der Waals surface area contributed by atoms with Crippen LogP contribution >= 0.6 is 0 Å². The summed E-state index contributed by atoms with van der Waals surface area (Å²) >= 11 is 0. The maximum Gasteiger partial charge on any atom is 0.411 e. The van der Waals surface area contributed by atoms with Gasteiger partial charge in [-0.2, -0.15) is 13.2 Å². The van der Waals surface area contributed by atoms with Crippen molar-refractivity contribution in [2.45, 2.75) is 51.3 Å². The Hall–Kier alpha value is -0.290. The number of aliphatic hydroxyl groups is 1. The summed E-state index contributed by atoms with van der Waals surface area (Å²) in [5.41, 5.74) is 0. The Morgan fingerprint density at radius 1 is 1.20 bits per heavy atom. The van der Waals surface area contributed by atoms with Crippen LogP contribution < -0.4 is 0 Å². The number of unbranched alkanes of at least 4 members (excludes halogenated alkanes) is 2. The van der Waals surface area contributed by atoms with Gasteiger partial charge >= 0.3 is 6.18 Å². The van der Waals surface area contributed by atoms with Crippen LogP contribution in [0.15, 0.2) is 0 Å². The van der Waals surface area contributed by atoms with Crippen LogP contribution in [0.3, 0.4) is 0 Å². The molecule has 0 radical (unpaired) electrons. The fourth-order valence-corrected chi connectivity index (χ4v) is 1.18. The molecule has 0 saturated heterocycles. The van der Waals surface area contributed by atoms with Gasteiger partial charge in [0.25, 0.3) is 0 Å². The maximum absolute atomic E-state index is 11.6. The van der Waals surface area contributed by atoms with E-state index in [0.717, 1.165) is 19.3 Å². The Morgan fingerprint density at radius 3 is 2.40 bits per heavy atom. The van der Waals surface area contributed by atoms with Gasteiger partial charge in [-0.05, 0) is 12.8 Å². The van der Waals surface area contributed by atoms with Crippen molar-refractivity contribution in [3.63, 3.8) is 0 Å². The van der Waals surface area contributed by atoms with Gasteiger partial charge in [0.15, 0.2) is 0 Å². The van der Waals surface area contributed by atoms with Crippen molar-refractivity contribution >= 4 is 0 Å². The summed E-state index contributed by atoms with van der Waals surface area (Å²) < 4.78 is 39.3. The molecule has 0 aliphatic heterocycles. The van der Waals surface area contributed by atoms with Crippen LogP contribution in [0.4, 0.5) is 13.2 Å². The van der Waals surface area contributed by atoms with E-state index in [-0.39, 0.29) is 13.0 Å². The molecule has 2 nitrogen and oxygen atoms in total. The molecule has 1 atom stereocenters. The Morgan fingerprint density at radius 2 is 1.87 bits per heavy atom. The van der Waals surface area contributed by atoms with Crippen molar-refractivity contribution in [3.8, 4) is 0 Å². The van der Waals surface area contributed by atoms with Crippen LogP contribution in [0.25, 0.3) is 0 Å². The second-order valence-electron chi connectivity index (χ2n) is 3.61. The lowest BCUT2D eigenvalue weighted by Crippen LogP contribution is -2.19. The van der Waals surface area contributed by atoms with Crippen LogP contribution in [-0.4, -0.2) is 30.6 Å². The lowest BCUT2D eigenvalue weighted by Gasteiger charge is -2.11. The summed E-state index contributed by atoms with van der Waals surface area (Å²) in [5, 5.41) is 9.34. The predicted molar refractivity (Wildman–Crippen MR) is 51.6 cm³/mol. The van der Waals surface area contributed by atoms with Crippen molar-refractivity contribution in [2.75, 3.05) is 13.2 Å². The van der Waals surface area contributed by atoms with E-state index in [4.69, 9.17) is 0 Å². The molecule has 0 spiro atoms. The van der Waals surface area contributed by atoms with Gasteiger partial charge in [-0.3, -0.25) is 0 Å². The molecule has 1 N–H and O–H groups in total. The van der Waals surface area contributed by atoms with E-state index >= 15 is 0 Å². The van der Waals surface area contributed by atoms with E-state index in [1.165, 1.54) is 0 Å². The zero-order valence-electron chi connectivity index (χ0n) is 9.02. The molecule has 0 aromatic rings. The Balaban J connectivity index is 3.27. The molecular formula is C10H19F3O2. The minimum atomic E-state index is -4.27. The number of hydrogen-bond donors (Lipinski definition) is 1. The van der Waals surface area contributed by atoms with E-state index in [2.05, 4.69) is 11.7 Å². The standard InChI is InChI=1S/C10H19F3O2/c1-2-3-4-5-9(14)6-7-15-8-10(11,12)13/h9,14H,2-8H2,1H3. The number of halogens is 3. The summed E-state index contributed by atoms with van der Waals surface area (Å²) in [6.45, 7) is 0.792. The minimum absolute atomic E-state index is 0.0349. The third kappa shape index (κ3) is 11.6. The summed E-state index contributed by atoms with van der Waals surface area (Å²) in [6, 6.07) is 0. The average molecular weight is 228 g/mol. The molecule has 0 fully saturated rings. The van der Waals surface area contributed by atoms with Crippen LogP contribution in [0, 0.1) is 0 Å². The van der Waals surface area contributed by atoms with Gasteiger partial charge in [0.2, 0.25) is 0 Å². The van der Waals surface area contributed by atoms with Gasteiger partial charge in [0.05, 0.1) is 6.10 Å². The normalized spacial score (nSPS) is 14.2. The summed E-state index contributed by atoms with van der Waals surface area (Å²) in [6.07, 6.45) is -0.866. The Bertz CT molecular complexity index is 148. The number of hydrogen-bond acceptors (Lipinski definition) is 2. The smallest absolute Gasteiger partial charge is 0.393 e. The molecule has 0 aromatic heterocycles. The molecule has 0 amide bonds. The van der Waals surface area contributed by atoms with Crippen molar-refractivity contribution in [1.82, 2.24) is 0 Å². The van der Waals surface area contributed by atoms with Gasteiger partial charge < -0.3 is 9.84 Å². The lowest BCUT2D eigenvalue weighted by atomic mass is 10.1. The molecule has 15 heavy (non-hydrogen) atoms. The Labute approximate surface area is 88.4 Å². The van der Waals surface area contributed by atoms with E-state index in [1.807, 2.05) is 0 Å². The summed E-state index contributed by atoms with van der Waals surface area (Å²) in [7, 11) is 0. The van der Waals surface area contributed by atoms with Crippen LogP contribution in [-0.2, 0) is 4.74 Å². The molecule has 0 rings (SSSR count). The molecular weight excluding hydrogens is 209 g/mol. The molecule has 0 aromatic carbocycles. The quantitative estimate of drug-likeness (QED) is 0.647. The molecule has 0 heterocycles. The van der Waals surface area contributed by atoms with Crippen LogP contribution in [0.2, 0.25) is 0 Å². The minimum Gasteiger partial charge on any atom is -0.393 e. The summed E-state index contributed by atoms with van der Waals surface area (Å²) in [5.74, 6) is 0. The van der Waals surface area contributed by atoms with Crippen LogP contribution in [0.1, 0.15) is 39.0 Å². The highest BCUT2D eigenvalue weighted by Gasteiger charge is 2.27. The highest BCUT2D eigenvalue weighted by molar-refractivity contribution is 4.56. The van der Waals surface area contributed by atoms with Crippen molar-refractivity contribution in [1.29, 1.82) is 0 Å². The fraction of sp³-hybridized carbons (Fsp3) is 1.00. The highest BCUT2D eigenvalue weighted by atomic mass is 19.4. The predicted octanol–water partition coefficient (Wildman–Crippen LogP) is 2.90. The highest BCUT2D eigenvalue weighted by Crippen LogP contribution is 2.15. The second kappa shape index (κ2) is 7.93. The third-order valence-corrected chi connectivity index (χ3v) is 2.00. The SMILES string of the molecule is CCCCCC(O)CCOCC(F)(F)F. The maximum atomic E-state index is 11.6. The van der Waals surface area contributed by atoms with Gasteiger partial charge in [-0.25, -0.2) is 0 Å². The molecule has 0 aliphatic carbocycles. The number of ether oxygens (including phenoxy) is 1. The van der Waals surface area contributed by atoms with Gasteiger partial charge in [0, 0.05) is 6.61 Å². The molecule has 0 saturated carbocycles. The zero-order valence-corrected chi connectivity index (χ0v) is 9.02. The first kappa shape index (κ1) is 14.7. The molecule has 1 unspecified atom stereocenters. The monoisotopic (exact) mass is 228 g/mol. The largest absolute Gasteiger partial charge is 0.411 e. The van der Waals surface area contributed by atoms with Gasteiger partial charge in [0.1, 0.15) is 6.61 Å². The fourth-order valence-electron chi connectivity index (χ4n) is 1.18.